The summed E-state index contributed by atoms with van der Waals surface area (Å²) in [6, 6.07) is 4.71. The van der Waals surface area contributed by atoms with Crippen LogP contribution in [0.2, 0.25) is 0 Å². The minimum Gasteiger partial charge on any atom is -0.329 e. The predicted molar refractivity (Wildman–Crippen MR) is 87.1 cm³/mol. The summed E-state index contributed by atoms with van der Waals surface area (Å²) in [6.07, 6.45) is 0. The van der Waals surface area contributed by atoms with Crippen molar-refractivity contribution in [3.63, 3.8) is 0 Å². The molecule has 0 saturated carbocycles. The molecular formula is C16H26BrFN2. The van der Waals surface area contributed by atoms with Crippen LogP contribution >= 0.6 is 15.9 Å². The summed E-state index contributed by atoms with van der Waals surface area (Å²) in [7, 11) is 0. The van der Waals surface area contributed by atoms with Gasteiger partial charge in [-0.25, -0.2) is 4.39 Å². The average Bonchev–Trinajstić information content (AvgIpc) is 2.37. The van der Waals surface area contributed by atoms with Crippen molar-refractivity contribution in [1.82, 2.24) is 5.32 Å². The zero-order chi connectivity index (χ0) is 15.3. The fourth-order valence-electron chi connectivity index (χ4n) is 2.62. The molecule has 2 nitrogen and oxygen atoms in total. The third-order valence-corrected chi connectivity index (χ3v) is 4.60. The molecule has 1 unspecified atom stereocenters. The monoisotopic (exact) mass is 344 g/mol. The van der Waals surface area contributed by atoms with Crippen LogP contribution in [-0.2, 0) is 0 Å². The summed E-state index contributed by atoms with van der Waals surface area (Å²) < 4.78 is 14.3. The standard InChI is InChI=1S/C16H26BrFN2/c1-10(2)14(11(3)4)9-20-16(8-19)13-7-12(18)5-6-15(13)17/h5-7,10-11,14,16,20H,8-9,19H2,1-4H3. The first kappa shape index (κ1) is 17.6. The van der Waals surface area contributed by atoms with Gasteiger partial charge in [0, 0.05) is 17.1 Å². The van der Waals surface area contributed by atoms with E-state index in [4.69, 9.17) is 5.73 Å². The molecule has 0 amide bonds. The van der Waals surface area contributed by atoms with Crippen molar-refractivity contribution in [1.29, 1.82) is 0 Å². The van der Waals surface area contributed by atoms with Gasteiger partial charge in [0.05, 0.1) is 0 Å². The SMILES string of the molecule is CC(C)C(CNC(CN)c1cc(F)ccc1Br)C(C)C. The fraction of sp³-hybridized carbons (Fsp3) is 0.625. The number of benzene rings is 1. The molecule has 114 valence electrons. The van der Waals surface area contributed by atoms with Gasteiger partial charge < -0.3 is 11.1 Å². The van der Waals surface area contributed by atoms with E-state index in [1.54, 1.807) is 12.1 Å². The van der Waals surface area contributed by atoms with Crippen LogP contribution in [0.3, 0.4) is 0 Å². The largest absolute Gasteiger partial charge is 0.329 e. The van der Waals surface area contributed by atoms with E-state index in [2.05, 4.69) is 48.9 Å². The first-order valence-corrected chi connectivity index (χ1v) is 8.04. The molecule has 0 heterocycles. The normalized spacial score (nSPS) is 13.5. The minimum absolute atomic E-state index is 0.0277. The molecule has 1 atom stereocenters. The van der Waals surface area contributed by atoms with Gasteiger partial charge in [0.25, 0.3) is 0 Å². The number of nitrogens with two attached hydrogens (primary N) is 1. The predicted octanol–water partition coefficient (Wildman–Crippen LogP) is 4.11. The van der Waals surface area contributed by atoms with Crippen molar-refractivity contribution in [2.75, 3.05) is 13.1 Å². The lowest BCUT2D eigenvalue weighted by Crippen LogP contribution is -2.35. The van der Waals surface area contributed by atoms with Crippen molar-refractivity contribution >= 4 is 15.9 Å². The summed E-state index contributed by atoms with van der Waals surface area (Å²) in [5, 5.41) is 3.49. The smallest absolute Gasteiger partial charge is 0.123 e. The van der Waals surface area contributed by atoms with Gasteiger partial charge in [-0.15, -0.1) is 0 Å². The molecule has 1 aromatic carbocycles. The van der Waals surface area contributed by atoms with Crippen LogP contribution in [-0.4, -0.2) is 13.1 Å². The van der Waals surface area contributed by atoms with Crippen molar-refractivity contribution in [3.8, 4) is 0 Å². The molecule has 4 heteroatoms. The number of rotatable bonds is 7. The molecule has 20 heavy (non-hydrogen) atoms. The first-order valence-electron chi connectivity index (χ1n) is 7.25. The van der Waals surface area contributed by atoms with Crippen LogP contribution in [0.15, 0.2) is 22.7 Å². The van der Waals surface area contributed by atoms with Crippen LogP contribution in [0, 0.1) is 23.6 Å². The van der Waals surface area contributed by atoms with Crippen molar-refractivity contribution in [2.45, 2.75) is 33.7 Å². The molecule has 0 radical (unpaired) electrons. The maximum Gasteiger partial charge on any atom is 0.123 e. The van der Waals surface area contributed by atoms with Crippen LogP contribution in [0.25, 0.3) is 0 Å². The molecule has 0 aliphatic rings. The van der Waals surface area contributed by atoms with Crippen LogP contribution in [0.5, 0.6) is 0 Å². The third kappa shape index (κ3) is 4.83. The highest BCUT2D eigenvalue weighted by atomic mass is 79.9. The third-order valence-electron chi connectivity index (χ3n) is 3.88. The van der Waals surface area contributed by atoms with Gasteiger partial charge in [-0.1, -0.05) is 43.6 Å². The number of hydrogen-bond acceptors (Lipinski definition) is 2. The molecular weight excluding hydrogens is 319 g/mol. The van der Waals surface area contributed by atoms with Gasteiger partial charge >= 0.3 is 0 Å². The second kappa shape index (κ2) is 8.11. The van der Waals surface area contributed by atoms with Gasteiger partial charge in [0.15, 0.2) is 0 Å². The molecule has 0 aliphatic heterocycles. The Morgan fingerprint density at radius 2 is 1.80 bits per heavy atom. The van der Waals surface area contributed by atoms with E-state index < -0.39 is 0 Å². The molecule has 3 N–H and O–H groups in total. The Hall–Kier alpha value is -0.450. The highest BCUT2D eigenvalue weighted by Gasteiger charge is 2.20. The van der Waals surface area contributed by atoms with Crippen molar-refractivity contribution < 1.29 is 4.39 Å². The summed E-state index contributed by atoms with van der Waals surface area (Å²) in [6.45, 7) is 10.3. The van der Waals surface area contributed by atoms with E-state index >= 15 is 0 Å². The highest BCUT2D eigenvalue weighted by Crippen LogP contribution is 2.25. The second-order valence-corrected chi connectivity index (χ2v) is 6.87. The van der Waals surface area contributed by atoms with E-state index in [1.165, 1.54) is 6.07 Å². The molecule has 1 aromatic rings. The van der Waals surface area contributed by atoms with Crippen molar-refractivity contribution in [3.05, 3.63) is 34.1 Å². The van der Waals surface area contributed by atoms with E-state index in [0.717, 1.165) is 16.6 Å². The Kier molecular flexibility index (Phi) is 7.13. The van der Waals surface area contributed by atoms with Gasteiger partial charge in [0.1, 0.15) is 5.82 Å². The Morgan fingerprint density at radius 1 is 1.20 bits per heavy atom. The van der Waals surface area contributed by atoms with Crippen molar-refractivity contribution in [2.24, 2.45) is 23.5 Å². The molecule has 0 bridgehead atoms. The lowest BCUT2D eigenvalue weighted by atomic mass is 9.85. The second-order valence-electron chi connectivity index (χ2n) is 6.01. The zero-order valence-corrected chi connectivity index (χ0v) is 14.4. The minimum atomic E-state index is -0.229. The van der Waals surface area contributed by atoms with Crippen LogP contribution in [0.4, 0.5) is 4.39 Å². The maximum atomic E-state index is 13.4. The lowest BCUT2D eigenvalue weighted by Gasteiger charge is -2.28. The lowest BCUT2D eigenvalue weighted by molar-refractivity contribution is 0.266. The van der Waals surface area contributed by atoms with E-state index in [0.29, 0.717) is 24.3 Å². The summed E-state index contributed by atoms with van der Waals surface area (Å²) in [5.41, 5.74) is 6.74. The quantitative estimate of drug-likeness (QED) is 0.781. The topological polar surface area (TPSA) is 38.0 Å². The molecule has 0 aromatic heterocycles. The Balaban J connectivity index is 2.79. The Morgan fingerprint density at radius 3 is 2.30 bits per heavy atom. The molecule has 0 spiro atoms. The highest BCUT2D eigenvalue weighted by molar-refractivity contribution is 9.10. The van der Waals surface area contributed by atoms with Crippen LogP contribution in [0.1, 0.15) is 39.3 Å². The Labute approximate surface area is 130 Å². The van der Waals surface area contributed by atoms with Gasteiger partial charge in [-0.2, -0.15) is 0 Å². The molecule has 0 aliphatic carbocycles. The fourth-order valence-corrected chi connectivity index (χ4v) is 3.14. The van der Waals surface area contributed by atoms with Gasteiger partial charge in [-0.3, -0.25) is 0 Å². The number of halogens is 2. The van der Waals surface area contributed by atoms with E-state index in [9.17, 15) is 4.39 Å². The summed E-state index contributed by atoms with van der Waals surface area (Å²) >= 11 is 3.47. The average molecular weight is 345 g/mol. The maximum absolute atomic E-state index is 13.4. The van der Waals surface area contributed by atoms with E-state index in [1.807, 2.05) is 0 Å². The number of hydrogen-bond donors (Lipinski definition) is 2. The van der Waals surface area contributed by atoms with Gasteiger partial charge in [0.2, 0.25) is 0 Å². The summed E-state index contributed by atoms with van der Waals surface area (Å²) in [4.78, 5) is 0. The molecule has 1 rings (SSSR count). The zero-order valence-electron chi connectivity index (χ0n) is 12.8. The summed E-state index contributed by atoms with van der Waals surface area (Å²) in [5.74, 6) is 1.57. The molecule has 0 saturated heterocycles. The van der Waals surface area contributed by atoms with Gasteiger partial charge in [-0.05, 0) is 48.1 Å². The van der Waals surface area contributed by atoms with Crippen LogP contribution < -0.4 is 11.1 Å². The number of nitrogens with one attached hydrogen (secondary N) is 1. The Bertz CT molecular complexity index is 413. The first-order chi connectivity index (χ1) is 9.36. The molecule has 0 fully saturated rings. The van der Waals surface area contributed by atoms with E-state index in [-0.39, 0.29) is 11.9 Å².